The predicted octanol–water partition coefficient (Wildman–Crippen LogP) is 3.88. The van der Waals surface area contributed by atoms with E-state index in [2.05, 4.69) is 31.2 Å². The standard InChI is InChI=1S/C17H22N2O3/c1-11-7-12(10-17(2,3)9-11)18-16(20)13-8-15(22-19-13)14-5-4-6-21-14/h4-6,8,11-12H,7,9-10H2,1-3H3,(H,18,20)/t11-,12-/m0/s1. The molecule has 118 valence electrons. The lowest BCUT2D eigenvalue weighted by molar-refractivity contribution is 0.0865. The lowest BCUT2D eigenvalue weighted by Gasteiger charge is -2.39. The molecule has 0 bridgehead atoms. The summed E-state index contributed by atoms with van der Waals surface area (Å²) in [6.07, 6.45) is 4.76. The number of rotatable bonds is 3. The van der Waals surface area contributed by atoms with Crippen LogP contribution in [0.15, 0.2) is 33.4 Å². The topological polar surface area (TPSA) is 68.3 Å². The number of amides is 1. The Morgan fingerprint density at radius 2 is 2.18 bits per heavy atom. The summed E-state index contributed by atoms with van der Waals surface area (Å²) < 4.78 is 10.4. The van der Waals surface area contributed by atoms with Gasteiger partial charge in [0.05, 0.1) is 6.26 Å². The van der Waals surface area contributed by atoms with Gasteiger partial charge in [0.2, 0.25) is 5.76 Å². The number of hydrogen-bond donors (Lipinski definition) is 1. The maximum Gasteiger partial charge on any atom is 0.273 e. The summed E-state index contributed by atoms with van der Waals surface area (Å²) in [5.74, 6) is 1.47. The Bertz CT molecular complexity index is 643. The molecule has 1 saturated carbocycles. The Morgan fingerprint density at radius 3 is 2.86 bits per heavy atom. The molecule has 1 aliphatic rings. The molecule has 2 atom stereocenters. The van der Waals surface area contributed by atoms with Gasteiger partial charge in [-0.25, -0.2) is 0 Å². The van der Waals surface area contributed by atoms with Crippen molar-refractivity contribution in [3.8, 4) is 11.5 Å². The van der Waals surface area contributed by atoms with E-state index in [9.17, 15) is 4.79 Å². The fraction of sp³-hybridized carbons (Fsp3) is 0.529. The molecule has 2 aromatic rings. The quantitative estimate of drug-likeness (QED) is 0.934. The van der Waals surface area contributed by atoms with Gasteiger partial charge in [-0.2, -0.15) is 0 Å². The zero-order valence-electron chi connectivity index (χ0n) is 13.3. The zero-order chi connectivity index (χ0) is 15.7. The Hall–Kier alpha value is -2.04. The summed E-state index contributed by atoms with van der Waals surface area (Å²) in [6.45, 7) is 6.75. The number of aromatic nitrogens is 1. The Balaban J connectivity index is 1.67. The summed E-state index contributed by atoms with van der Waals surface area (Å²) in [5, 5.41) is 6.93. The van der Waals surface area contributed by atoms with Gasteiger partial charge in [-0.15, -0.1) is 0 Å². The van der Waals surface area contributed by atoms with Crippen molar-refractivity contribution < 1.29 is 13.7 Å². The van der Waals surface area contributed by atoms with Crippen molar-refractivity contribution in [1.82, 2.24) is 10.5 Å². The third kappa shape index (κ3) is 3.24. The first-order valence-corrected chi connectivity index (χ1v) is 7.74. The van der Waals surface area contributed by atoms with E-state index in [1.807, 2.05) is 0 Å². The van der Waals surface area contributed by atoms with Crippen molar-refractivity contribution in [1.29, 1.82) is 0 Å². The molecule has 2 heterocycles. The maximum atomic E-state index is 12.3. The van der Waals surface area contributed by atoms with Crippen molar-refractivity contribution in [2.24, 2.45) is 11.3 Å². The molecule has 1 N–H and O–H groups in total. The van der Waals surface area contributed by atoms with E-state index in [4.69, 9.17) is 8.94 Å². The lowest BCUT2D eigenvalue weighted by atomic mass is 9.70. The van der Waals surface area contributed by atoms with Gasteiger partial charge in [-0.3, -0.25) is 4.79 Å². The van der Waals surface area contributed by atoms with Crippen LogP contribution in [-0.4, -0.2) is 17.1 Å². The van der Waals surface area contributed by atoms with Crippen LogP contribution >= 0.6 is 0 Å². The van der Waals surface area contributed by atoms with Crippen LogP contribution in [0.25, 0.3) is 11.5 Å². The molecule has 1 aliphatic carbocycles. The summed E-state index contributed by atoms with van der Waals surface area (Å²) in [5.41, 5.74) is 0.557. The molecule has 0 aromatic carbocycles. The first kappa shape index (κ1) is 14.9. The molecule has 0 spiro atoms. The number of nitrogens with one attached hydrogen (secondary N) is 1. The molecule has 0 unspecified atom stereocenters. The summed E-state index contributed by atoms with van der Waals surface area (Å²) >= 11 is 0. The highest BCUT2D eigenvalue weighted by Gasteiger charge is 2.33. The highest BCUT2D eigenvalue weighted by atomic mass is 16.5. The van der Waals surface area contributed by atoms with Gasteiger partial charge in [0.1, 0.15) is 0 Å². The lowest BCUT2D eigenvalue weighted by Crippen LogP contribution is -2.43. The van der Waals surface area contributed by atoms with Gasteiger partial charge >= 0.3 is 0 Å². The second-order valence-corrected chi connectivity index (χ2v) is 7.14. The largest absolute Gasteiger partial charge is 0.461 e. The number of carbonyl (C=O) groups is 1. The van der Waals surface area contributed by atoms with Gasteiger partial charge in [-0.1, -0.05) is 25.9 Å². The van der Waals surface area contributed by atoms with E-state index < -0.39 is 0 Å². The first-order chi connectivity index (χ1) is 10.4. The van der Waals surface area contributed by atoms with Crippen LogP contribution in [-0.2, 0) is 0 Å². The minimum atomic E-state index is -0.184. The number of carbonyl (C=O) groups excluding carboxylic acids is 1. The van der Waals surface area contributed by atoms with Gasteiger partial charge in [0.15, 0.2) is 11.5 Å². The van der Waals surface area contributed by atoms with Crippen LogP contribution in [0.3, 0.4) is 0 Å². The first-order valence-electron chi connectivity index (χ1n) is 7.74. The van der Waals surface area contributed by atoms with Gasteiger partial charge < -0.3 is 14.3 Å². The Morgan fingerprint density at radius 1 is 1.36 bits per heavy atom. The van der Waals surface area contributed by atoms with Gasteiger partial charge in [-0.05, 0) is 42.7 Å². The van der Waals surface area contributed by atoms with Crippen LogP contribution in [0.4, 0.5) is 0 Å². The Labute approximate surface area is 130 Å². The molecule has 5 nitrogen and oxygen atoms in total. The predicted molar refractivity (Wildman–Crippen MR) is 82.3 cm³/mol. The number of nitrogens with zero attached hydrogens (tertiary/aromatic N) is 1. The van der Waals surface area contributed by atoms with Crippen molar-refractivity contribution in [3.63, 3.8) is 0 Å². The van der Waals surface area contributed by atoms with Crippen LogP contribution in [0.5, 0.6) is 0 Å². The Kier molecular flexibility index (Phi) is 3.81. The average Bonchev–Trinajstić information content (AvgIpc) is 3.07. The minimum absolute atomic E-state index is 0.184. The molecule has 2 aromatic heterocycles. The van der Waals surface area contributed by atoms with E-state index in [1.165, 1.54) is 6.42 Å². The van der Waals surface area contributed by atoms with Crippen molar-refractivity contribution in [2.75, 3.05) is 0 Å². The molecule has 0 radical (unpaired) electrons. The summed E-state index contributed by atoms with van der Waals surface area (Å²) in [6, 6.07) is 5.34. The molecule has 0 saturated heterocycles. The normalized spacial score (nSPS) is 24.1. The smallest absolute Gasteiger partial charge is 0.273 e. The SMILES string of the molecule is C[C@H]1C[C@H](NC(=O)c2cc(-c3ccco3)on2)CC(C)(C)C1. The highest BCUT2D eigenvalue weighted by molar-refractivity contribution is 5.93. The zero-order valence-corrected chi connectivity index (χ0v) is 13.3. The van der Waals surface area contributed by atoms with Gasteiger partial charge in [0.25, 0.3) is 5.91 Å². The second kappa shape index (κ2) is 5.63. The maximum absolute atomic E-state index is 12.3. The summed E-state index contributed by atoms with van der Waals surface area (Å²) in [4.78, 5) is 12.3. The van der Waals surface area contributed by atoms with Crippen LogP contribution in [0, 0.1) is 11.3 Å². The number of furan rings is 1. The molecule has 0 aliphatic heterocycles. The third-order valence-corrected chi connectivity index (χ3v) is 4.23. The van der Waals surface area contributed by atoms with Crippen LogP contribution < -0.4 is 5.32 Å². The third-order valence-electron chi connectivity index (χ3n) is 4.23. The molecule has 1 fully saturated rings. The van der Waals surface area contributed by atoms with E-state index in [0.717, 1.165) is 12.8 Å². The highest BCUT2D eigenvalue weighted by Crippen LogP contribution is 2.38. The second-order valence-electron chi connectivity index (χ2n) is 7.14. The van der Waals surface area contributed by atoms with E-state index in [1.54, 1.807) is 24.5 Å². The average molecular weight is 302 g/mol. The van der Waals surface area contributed by atoms with Crippen LogP contribution in [0.1, 0.15) is 50.5 Å². The van der Waals surface area contributed by atoms with Crippen molar-refractivity contribution in [3.05, 3.63) is 30.2 Å². The summed E-state index contributed by atoms with van der Waals surface area (Å²) in [7, 11) is 0. The van der Waals surface area contributed by atoms with Gasteiger partial charge in [0, 0.05) is 12.1 Å². The fourth-order valence-electron chi connectivity index (χ4n) is 3.63. The molecule has 22 heavy (non-hydrogen) atoms. The van der Waals surface area contributed by atoms with Crippen LogP contribution in [0.2, 0.25) is 0 Å². The molecule has 3 rings (SSSR count). The molecule has 5 heteroatoms. The molecular weight excluding hydrogens is 280 g/mol. The molecular formula is C17H22N2O3. The van der Waals surface area contributed by atoms with Crippen molar-refractivity contribution in [2.45, 2.75) is 46.1 Å². The number of hydrogen-bond acceptors (Lipinski definition) is 4. The van der Waals surface area contributed by atoms with Crippen molar-refractivity contribution >= 4 is 5.91 Å². The van der Waals surface area contributed by atoms with E-state index >= 15 is 0 Å². The minimum Gasteiger partial charge on any atom is -0.461 e. The van der Waals surface area contributed by atoms with E-state index in [0.29, 0.717) is 23.1 Å². The fourth-order valence-corrected chi connectivity index (χ4v) is 3.63. The molecule has 1 amide bonds. The van der Waals surface area contributed by atoms with E-state index in [-0.39, 0.29) is 17.4 Å². The monoisotopic (exact) mass is 302 g/mol.